The Bertz CT molecular complexity index is 811. The highest BCUT2D eigenvalue weighted by Gasteiger charge is 2.53. The van der Waals surface area contributed by atoms with E-state index in [1.54, 1.807) is 11.9 Å². The summed E-state index contributed by atoms with van der Waals surface area (Å²) in [6.07, 6.45) is -0.509. The molecule has 2 aliphatic rings. The third kappa shape index (κ3) is 2.21. The highest BCUT2D eigenvalue weighted by Crippen LogP contribution is 2.51. The van der Waals surface area contributed by atoms with Crippen molar-refractivity contribution in [3.05, 3.63) is 64.1 Å². The molecule has 0 saturated heterocycles. The third-order valence-electron chi connectivity index (χ3n) is 4.81. The molecule has 0 bridgehead atoms. The Kier molecular flexibility index (Phi) is 3.54. The van der Waals surface area contributed by atoms with E-state index in [1.807, 2.05) is 48.5 Å². The fourth-order valence-corrected chi connectivity index (χ4v) is 3.88. The number of guanidine groups is 1. The number of hydrogen-bond donors (Lipinski definition) is 2. The van der Waals surface area contributed by atoms with Gasteiger partial charge in [0.1, 0.15) is 17.4 Å². The van der Waals surface area contributed by atoms with E-state index in [0.29, 0.717) is 12.4 Å². The van der Waals surface area contributed by atoms with E-state index in [4.69, 9.17) is 10.5 Å². The van der Waals surface area contributed by atoms with Gasteiger partial charge in [0.05, 0.1) is 0 Å². The number of hydrogen-bond acceptors (Lipinski definition) is 5. The zero-order valence-corrected chi connectivity index (χ0v) is 14.8. The van der Waals surface area contributed by atoms with Crippen molar-refractivity contribution in [1.29, 1.82) is 0 Å². The van der Waals surface area contributed by atoms with Crippen molar-refractivity contribution < 1.29 is 9.84 Å². The van der Waals surface area contributed by atoms with Gasteiger partial charge < -0.3 is 20.5 Å². The predicted molar refractivity (Wildman–Crippen MR) is 95.6 cm³/mol. The molecule has 3 N–H and O–H groups in total. The number of aliphatic imine (C=N–C) groups is 1. The van der Waals surface area contributed by atoms with Crippen LogP contribution in [-0.4, -0.2) is 29.2 Å². The molecule has 0 amide bonds. The lowest BCUT2D eigenvalue weighted by Crippen LogP contribution is -2.47. The van der Waals surface area contributed by atoms with Gasteiger partial charge in [-0.05, 0) is 23.8 Å². The number of ether oxygens (including phenoxy) is 1. The summed E-state index contributed by atoms with van der Waals surface area (Å²) in [5, 5.41) is 10.9. The molecule has 0 saturated carbocycles. The second kappa shape index (κ2) is 5.50. The van der Waals surface area contributed by atoms with E-state index in [9.17, 15) is 5.11 Å². The first kappa shape index (κ1) is 15.5. The van der Waals surface area contributed by atoms with Crippen molar-refractivity contribution >= 4 is 21.9 Å². The highest BCUT2D eigenvalue weighted by molar-refractivity contribution is 9.10. The molecule has 0 radical (unpaired) electrons. The number of fused-ring (bicyclic) bond motifs is 2. The molecular formula is C18H18BrN3O2. The Morgan fingerprint density at radius 3 is 2.71 bits per heavy atom. The number of likely N-dealkylation sites (N-methyl/N-ethyl adjacent to an activating group) is 1. The lowest BCUT2D eigenvalue weighted by Gasteiger charge is -2.40. The van der Waals surface area contributed by atoms with Gasteiger partial charge in [-0.2, -0.15) is 0 Å². The number of nitrogens with zero attached hydrogens (tertiary/aromatic N) is 2. The molecule has 0 fully saturated rings. The molecule has 24 heavy (non-hydrogen) atoms. The SMILES string of the molecule is CN1C(N)=NC2(CC(c3ccccc3)Oc3ccc(Br)cc32)C1O. The van der Waals surface area contributed by atoms with E-state index in [0.717, 1.165) is 21.3 Å². The maximum Gasteiger partial charge on any atom is 0.194 e. The van der Waals surface area contributed by atoms with Gasteiger partial charge in [0, 0.05) is 23.5 Å². The molecule has 0 aliphatic carbocycles. The summed E-state index contributed by atoms with van der Waals surface area (Å²) in [5.41, 5.74) is 7.09. The Morgan fingerprint density at radius 1 is 1.29 bits per heavy atom. The van der Waals surface area contributed by atoms with Crippen LogP contribution in [0.5, 0.6) is 5.75 Å². The molecule has 6 heteroatoms. The van der Waals surface area contributed by atoms with E-state index in [1.165, 1.54) is 0 Å². The monoisotopic (exact) mass is 387 g/mol. The maximum atomic E-state index is 10.9. The van der Waals surface area contributed by atoms with Crippen LogP contribution in [0.25, 0.3) is 0 Å². The standard InChI is InChI=1S/C18H18BrN3O2/c1-22-16(23)18(21-17(22)20)10-15(11-5-3-2-4-6-11)24-14-8-7-12(19)9-13(14)18/h2-9,15-16,23H,10H2,1H3,(H2,20,21). The van der Waals surface area contributed by atoms with Crippen molar-refractivity contribution in [3.8, 4) is 5.75 Å². The molecule has 4 rings (SSSR count). The average Bonchev–Trinajstić information content (AvgIpc) is 2.81. The Labute approximate surface area is 148 Å². The van der Waals surface area contributed by atoms with Crippen LogP contribution in [-0.2, 0) is 5.54 Å². The smallest absolute Gasteiger partial charge is 0.194 e. The second-order valence-corrected chi connectivity index (χ2v) is 7.16. The number of aliphatic hydroxyl groups is 1. The van der Waals surface area contributed by atoms with Gasteiger partial charge in [-0.1, -0.05) is 46.3 Å². The first-order valence-corrected chi connectivity index (χ1v) is 8.58. The fourth-order valence-electron chi connectivity index (χ4n) is 3.52. The molecule has 2 aliphatic heterocycles. The minimum Gasteiger partial charge on any atom is -0.485 e. The summed E-state index contributed by atoms with van der Waals surface area (Å²) < 4.78 is 7.13. The summed E-state index contributed by atoms with van der Waals surface area (Å²) in [7, 11) is 1.75. The molecule has 5 nitrogen and oxygen atoms in total. The van der Waals surface area contributed by atoms with Crippen molar-refractivity contribution in [2.24, 2.45) is 10.7 Å². The number of benzene rings is 2. The molecule has 1 spiro atoms. The van der Waals surface area contributed by atoms with Crippen LogP contribution in [0.2, 0.25) is 0 Å². The van der Waals surface area contributed by atoms with E-state index < -0.39 is 11.8 Å². The minimum atomic E-state index is -0.837. The molecular weight excluding hydrogens is 370 g/mol. The van der Waals surface area contributed by atoms with Crippen LogP contribution in [0.1, 0.15) is 23.7 Å². The van der Waals surface area contributed by atoms with E-state index in [2.05, 4.69) is 20.9 Å². The molecule has 2 aromatic carbocycles. The second-order valence-electron chi connectivity index (χ2n) is 6.24. The van der Waals surface area contributed by atoms with Gasteiger partial charge in [-0.15, -0.1) is 0 Å². The van der Waals surface area contributed by atoms with Gasteiger partial charge in [-0.3, -0.25) is 0 Å². The normalized spacial score (nSPS) is 28.5. The largest absolute Gasteiger partial charge is 0.485 e. The van der Waals surface area contributed by atoms with Crippen molar-refractivity contribution in [1.82, 2.24) is 4.90 Å². The van der Waals surface area contributed by atoms with Gasteiger partial charge >= 0.3 is 0 Å². The lowest BCUT2D eigenvalue weighted by molar-refractivity contribution is -0.0185. The quantitative estimate of drug-likeness (QED) is 0.788. The van der Waals surface area contributed by atoms with Crippen molar-refractivity contribution in [3.63, 3.8) is 0 Å². The summed E-state index contributed by atoms with van der Waals surface area (Å²) in [6, 6.07) is 15.8. The Morgan fingerprint density at radius 2 is 2.04 bits per heavy atom. The molecule has 124 valence electrons. The molecule has 3 atom stereocenters. The number of nitrogens with two attached hydrogens (primary N) is 1. The van der Waals surface area contributed by atoms with Crippen LogP contribution < -0.4 is 10.5 Å². The average molecular weight is 388 g/mol. The Hall–Kier alpha value is -2.05. The van der Waals surface area contributed by atoms with Gasteiger partial charge in [-0.25, -0.2) is 4.99 Å². The van der Waals surface area contributed by atoms with Crippen LogP contribution in [0.4, 0.5) is 0 Å². The van der Waals surface area contributed by atoms with Gasteiger partial charge in [0.15, 0.2) is 12.2 Å². The lowest BCUT2D eigenvalue weighted by atomic mass is 9.79. The predicted octanol–water partition coefficient (Wildman–Crippen LogP) is 2.75. The fraction of sp³-hybridized carbons (Fsp3) is 0.278. The van der Waals surface area contributed by atoms with Gasteiger partial charge in [0.2, 0.25) is 0 Å². The molecule has 2 aromatic rings. The Balaban J connectivity index is 1.88. The van der Waals surface area contributed by atoms with E-state index >= 15 is 0 Å². The molecule has 3 unspecified atom stereocenters. The van der Waals surface area contributed by atoms with Crippen molar-refractivity contribution in [2.75, 3.05) is 7.05 Å². The highest BCUT2D eigenvalue weighted by atomic mass is 79.9. The first-order valence-electron chi connectivity index (χ1n) is 7.79. The van der Waals surface area contributed by atoms with Gasteiger partial charge in [0.25, 0.3) is 0 Å². The maximum absolute atomic E-state index is 10.9. The zero-order chi connectivity index (χ0) is 16.9. The summed E-state index contributed by atoms with van der Waals surface area (Å²) in [4.78, 5) is 6.28. The topological polar surface area (TPSA) is 71.1 Å². The summed E-state index contributed by atoms with van der Waals surface area (Å²) in [6.45, 7) is 0. The third-order valence-corrected chi connectivity index (χ3v) is 5.31. The summed E-state index contributed by atoms with van der Waals surface area (Å²) in [5.74, 6) is 1.06. The first-order chi connectivity index (χ1) is 11.5. The molecule has 0 aromatic heterocycles. The van der Waals surface area contributed by atoms with E-state index in [-0.39, 0.29) is 6.10 Å². The number of aliphatic hydroxyl groups excluding tert-OH is 1. The molecule has 2 heterocycles. The van der Waals surface area contributed by atoms with Crippen LogP contribution >= 0.6 is 15.9 Å². The van der Waals surface area contributed by atoms with Crippen molar-refractivity contribution in [2.45, 2.75) is 24.3 Å². The minimum absolute atomic E-state index is 0.197. The van der Waals surface area contributed by atoms with Crippen LogP contribution in [0, 0.1) is 0 Å². The van der Waals surface area contributed by atoms with Crippen LogP contribution in [0.15, 0.2) is 58.0 Å². The number of rotatable bonds is 1. The number of halogens is 1. The zero-order valence-electron chi connectivity index (χ0n) is 13.2. The van der Waals surface area contributed by atoms with Crippen LogP contribution in [0.3, 0.4) is 0 Å². The summed E-state index contributed by atoms with van der Waals surface area (Å²) >= 11 is 3.50.